The van der Waals surface area contributed by atoms with E-state index in [9.17, 15) is 13.5 Å². The van der Waals surface area contributed by atoms with E-state index in [1.165, 1.54) is 0 Å². The van der Waals surface area contributed by atoms with E-state index >= 15 is 0 Å². The maximum Gasteiger partial charge on any atom is 0.240 e. The van der Waals surface area contributed by atoms with Crippen LogP contribution in [-0.4, -0.2) is 20.1 Å². The number of allylic oxidation sites excluding steroid dienone is 2. The molecule has 3 N–H and O–H groups in total. The van der Waals surface area contributed by atoms with E-state index in [-0.39, 0.29) is 28.5 Å². The number of phenolic OH excluding ortho intramolecular Hbond substituents is 1. The number of anilines is 1. The Bertz CT molecular complexity index is 1310. The van der Waals surface area contributed by atoms with Crippen LogP contribution in [0.1, 0.15) is 35.1 Å². The molecule has 1 heterocycles. The van der Waals surface area contributed by atoms with Gasteiger partial charge >= 0.3 is 0 Å². The predicted octanol–water partition coefficient (Wildman–Crippen LogP) is 5.50. The molecule has 5 rings (SSSR count). The van der Waals surface area contributed by atoms with Crippen LogP contribution in [0.2, 0.25) is 0 Å². The fraction of sp³-hybridized carbons (Fsp3) is 0.231. The molecule has 0 amide bonds. The van der Waals surface area contributed by atoms with Crippen molar-refractivity contribution < 1.29 is 13.5 Å². The number of aromatic hydroxyl groups is 1. The summed E-state index contributed by atoms with van der Waals surface area (Å²) in [5.74, 6) is 0.539. The van der Waals surface area contributed by atoms with Crippen LogP contribution in [-0.2, 0) is 16.4 Å². The number of nitrogens with one attached hydrogen (secondary N) is 2. The van der Waals surface area contributed by atoms with E-state index < -0.39 is 10.0 Å². The molecule has 3 atom stereocenters. The van der Waals surface area contributed by atoms with Gasteiger partial charge in [0.2, 0.25) is 10.0 Å². The molecule has 0 radical (unpaired) electrons. The number of halogens is 1. The van der Waals surface area contributed by atoms with E-state index in [1.807, 2.05) is 48.5 Å². The number of benzene rings is 3. The monoisotopic (exact) mass is 524 g/mol. The van der Waals surface area contributed by atoms with Crippen molar-refractivity contribution in [3.8, 4) is 5.75 Å². The number of fused-ring (bicyclic) bond motifs is 3. The van der Waals surface area contributed by atoms with E-state index in [0.29, 0.717) is 13.0 Å². The summed E-state index contributed by atoms with van der Waals surface area (Å²) in [7, 11) is -3.62. The summed E-state index contributed by atoms with van der Waals surface area (Å²) in [6.07, 6.45) is 5.80. The number of rotatable bonds is 6. The van der Waals surface area contributed by atoms with Gasteiger partial charge in [-0.05, 0) is 66.3 Å². The van der Waals surface area contributed by atoms with E-state index in [0.717, 1.165) is 33.3 Å². The molecule has 7 heteroatoms. The molecule has 3 aromatic rings. The van der Waals surface area contributed by atoms with Gasteiger partial charge in [-0.2, -0.15) is 0 Å². The lowest BCUT2D eigenvalue weighted by Crippen LogP contribution is -2.30. The topological polar surface area (TPSA) is 78.4 Å². The molecule has 0 saturated carbocycles. The number of hydrogen-bond donors (Lipinski definition) is 3. The average molecular weight is 525 g/mol. The molecule has 1 aliphatic carbocycles. The van der Waals surface area contributed by atoms with Gasteiger partial charge in [-0.25, -0.2) is 13.1 Å². The van der Waals surface area contributed by atoms with Crippen molar-refractivity contribution in [2.24, 2.45) is 5.92 Å². The fourth-order valence-electron chi connectivity index (χ4n) is 4.88. The van der Waals surface area contributed by atoms with Gasteiger partial charge in [0.25, 0.3) is 0 Å². The smallest absolute Gasteiger partial charge is 0.240 e. The zero-order valence-corrected chi connectivity index (χ0v) is 20.3. The highest BCUT2D eigenvalue weighted by molar-refractivity contribution is 9.10. The van der Waals surface area contributed by atoms with Crippen molar-refractivity contribution in [3.63, 3.8) is 0 Å². The molecule has 3 unspecified atom stereocenters. The van der Waals surface area contributed by atoms with Crippen LogP contribution in [0.5, 0.6) is 5.75 Å². The fourth-order valence-corrected chi connectivity index (χ4v) is 6.33. The Balaban J connectivity index is 1.40. The van der Waals surface area contributed by atoms with Crippen molar-refractivity contribution in [1.29, 1.82) is 0 Å². The standard InChI is InChI=1S/C26H25BrN2O3S/c27-18-9-12-25(30)23(15-18)26-21-8-4-7-20(21)22-16-19(10-11-24(22)29-26)33(31,32)28-14-13-17-5-2-1-3-6-17/h1-7,9-12,15-16,20-21,26,28-30H,8,13-14H2. The number of hydrogen-bond acceptors (Lipinski definition) is 4. The second kappa shape index (κ2) is 8.97. The Hall–Kier alpha value is -2.61. The normalized spacial score (nSPS) is 21.3. The third-order valence-corrected chi connectivity index (χ3v) is 8.47. The first-order valence-electron chi connectivity index (χ1n) is 11.0. The van der Waals surface area contributed by atoms with Crippen molar-refractivity contribution in [3.05, 3.63) is 100 Å². The third kappa shape index (κ3) is 4.45. The largest absolute Gasteiger partial charge is 0.508 e. The number of phenols is 1. The van der Waals surface area contributed by atoms with Crippen LogP contribution in [0.3, 0.4) is 0 Å². The summed E-state index contributed by atoms with van der Waals surface area (Å²) >= 11 is 3.51. The molecular formula is C26H25BrN2O3S. The maximum atomic E-state index is 13.0. The van der Waals surface area contributed by atoms with E-state index in [2.05, 4.69) is 38.1 Å². The Morgan fingerprint density at radius 3 is 2.67 bits per heavy atom. The Morgan fingerprint density at radius 1 is 1.03 bits per heavy atom. The zero-order chi connectivity index (χ0) is 23.0. The Labute approximate surface area is 202 Å². The lowest BCUT2D eigenvalue weighted by molar-refractivity contribution is 0.402. The van der Waals surface area contributed by atoms with Gasteiger partial charge in [0.1, 0.15) is 5.75 Å². The molecule has 1 aliphatic heterocycles. The quantitative estimate of drug-likeness (QED) is 0.372. The first kappa shape index (κ1) is 22.2. The van der Waals surface area contributed by atoms with Crippen molar-refractivity contribution in [2.75, 3.05) is 11.9 Å². The first-order chi connectivity index (χ1) is 15.9. The van der Waals surface area contributed by atoms with Gasteiger partial charge in [-0.1, -0.05) is 58.4 Å². The van der Waals surface area contributed by atoms with Gasteiger partial charge in [0.15, 0.2) is 0 Å². The summed E-state index contributed by atoms with van der Waals surface area (Å²) in [4.78, 5) is 0.277. The highest BCUT2D eigenvalue weighted by Gasteiger charge is 2.39. The SMILES string of the molecule is O=S(=O)(NCCc1ccccc1)c1ccc2c(c1)C1C=CCC1C(c1cc(Br)ccc1O)N2. The maximum absolute atomic E-state index is 13.0. The molecule has 0 aromatic heterocycles. The predicted molar refractivity (Wildman–Crippen MR) is 134 cm³/mol. The van der Waals surface area contributed by atoms with Crippen molar-refractivity contribution in [2.45, 2.75) is 29.7 Å². The molecule has 0 bridgehead atoms. The summed E-state index contributed by atoms with van der Waals surface area (Å²) in [5.41, 5.74) is 3.81. The summed E-state index contributed by atoms with van der Waals surface area (Å²) in [6.45, 7) is 0.345. The van der Waals surface area contributed by atoms with Crippen LogP contribution in [0.15, 0.2) is 88.3 Å². The lowest BCUT2D eigenvalue weighted by atomic mass is 9.77. The molecule has 2 aliphatic rings. The minimum Gasteiger partial charge on any atom is -0.508 e. The van der Waals surface area contributed by atoms with Gasteiger partial charge < -0.3 is 10.4 Å². The van der Waals surface area contributed by atoms with Crippen LogP contribution in [0, 0.1) is 5.92 Å². The molecule has 170 valence electrons. The number of sulfonamides is 1. The molecule has 5 nitrogen and oxygen atoms in total. The summed E-state index contributed by atoms with van der Waals surface area (Å²) in [6, 6.07) is 20.5. The van der Waals surface area contributed by atoms with Crippen LogP contribution >= 0.6 is 15.9 Å². The Morgan fingerprint density at radius 2 is 1.85 bits per heavy atom. The third-order valence-electron chi connectivity index (χ3n) is 6.52. The van der Waals surface area contributed by atoms with Crippen molar-refractivity contribution in [1.82, 2.24) is 4.72 Å². The molecular weight excluding hydrogens is 500 g/mol. The van der Waals surface area contributed by atoms with Crippen LogP contribution in [0.25, 0.3) is 0 Å². The minimum atomic E-state index is -3.62. The molecule has 3 aromatic carbocycles. The first-order valence-corrected chi connectivity index (χ1v) is 13.3. The van der Waals surface area contributed by atoms with Gasteiger partial charge in [0, 0.05) is 28.2 Å². The van der Waals surface area contributed by atoms with Gasteiger partial charge in [0.05, 0.1) is 10.9 Å². The van der Waals surface area contributed by atoms with Gasteiger partial charge in [-0.15, -0.1) is 0 Å². The van der Waals surface area contributed by atoms with Crippen molar-refractivity contribution >= 4 is 31.6 Å². The average Bonchev–Trinajstić information content (AvgIpc) is 3.31. The minimum absolute atomic E-state index is 0.0681. The Kier molecular flexibility index (Phi) is 6.03. The highest BCUT2D eigenvalue weighted by atomic mass is 79.9. The summed E-state index contributed by atoms with van der Waals surface area (Å²) in [5, 5.41) is 14.1. The van der Waals surface area contributed by atoms with E-state index in [1.54, 1.807) is 18.2 Å². The van der Waals surface area contributed by atoms with Crippen LogP contribution < -0.4 is 10.0 Å². The molecule has 33 heavy (non-hydrogen) atoms. The van der Waals surface area contributed by atoms with E-state index in [4.69, 9.17) is 0 Å². The molecule has 0 saturated heterocycles. The lowest BCUT2D eigenvalue weighted by Gasteiger charge is -2.38. The molecule has 0 spiro atoms. The second-order valence-corrected chi connectivity index (χ2v) is 11.2. The second-order valence-electron chi connectivity index (χ2n) is 8.56. The molecule has 0 fully saturated rings. The highest BCUT2D eigenvalue weighted by Crippen LogP contribution is 2.51. The van der Waals surface area contributed by atoms with Crippen LogP contribution in [0.4, 0.5) is 5.69 Å². The van der Waals surface area contributed by atoms with Gasteiger partial charge in [-0.3, -0.25) is 0 Å². The summed E-state index contributed by atoms with van der Waals surface area (Å²) < 4.78 is 29.6. The zero-order valence-electron chi connectivity index (χ0n) is 17.9.